The molecule has 0 bridgehead atoms. The van der Waals surface area contributed by atoms with E-state index in [1.165, 1.54) is 10.9 Å². The minimum Gasteiger partial charge on any atom is -0.455 e. The topological polar surface area (TPSA) is 99.0 Å². The van der Waals surface area contributed by atoms with Crippen molar-refractivity contribution in [2.75, 3.05) is 5.32 Å². The summed E-state index contributed by atoms with van der Waals surface area (Å²) in [4.78, 5) is 28.0. The van der Waals surface area contributed by atoms with Crippen LogP contribution in [0, 0.1) is 5.92 Å². The molecule has 156 valence electrons. The molecule has 1 aliphatic rings. The van der Waals surface area contributed by atoms with Gasteiger partial charge >= 0.3 is 12.1 Å². The van der Waals surface area contributed by atoms with Crippen LogP contribution in [0.5, 0.6) is 0 Å². The lowest BCUT2D eigenvalue weighted by Gasteiger charge is -2.06. The van der Waals surface area contributed by atoms with Gasteiger partial charge in [0.15, 0.2) is 5.82 Å². The number of esters is 1. The maximum Gasteiger partial charge on any atom is 0.417 e. The molecule has 1 saturated carbocycles. The molecule has 30 heavy (non-hydrogen) atoms. The molecular weight excluding hydrogens is 423 g/mol. The number of halogens is 3. The van der Waals surface area contributed by atoms with Crippen molar-refractivity contribution in [1.29, 1.82) is 0 Å². The van der Waals surface area contributed by atoms with E-state index >= 15 is 0 Å². The highest BCUT2D eigenvalue weighted by atomic mass is 32.1. The Morgan fingerprint density at radius 3 is 2.70 bits per heavy atom. The van der Waals surface area contributed by atoms with Crippen LogP contribution in [-0.2, 0) is 22.3 Å². The summed E-state index contributed by atoms with van der Waals surface area (Å²) in [5, 5.41) is 10.9. The molecule has 1 amide bonds. The summed E-state index contributed by atoms with van der Waals surface area (Å²) < 4.78 is 44.2. The highest BCUT2D eigenvalue weighted by Gasteiger charge is 2.31. The van der Waals surface area contributed by atoms with Crippen molar-refractivity contribution in [1.82, 2.24) is 20.0 Å². The molecule has 1 N–H and O–H groups in total. The third kappa shape index (κ3) is 4.64. The molecule has 3 aromatic rings. The number of carbonyl (C=O) groups is 2. The number of thiophene rings is 1. The third-order valence-electron chi connectivity index (χ3n) is 4.20. The van der Waals surface area contributed by atoms with Crippen molar-refractivity contribution in [3.05, 3.63) is 52.8 Å². The summed E-state index contributed by atoms with van der Waals surface area (Å²) in [6.07, 6.45) is -0.606. The predicted molar refractivity (Wildman–Crippen MR) is 98.9 cm³/mol. The summed E-state index contributed by atoms with van der Waals surface area (Å²) in [6, 6.07) is 5.24. The van der Waals surface area contributed by atoms with E-state index in [9.17, 15) is 22.8 Å². The lowest BCUT2D eigenvalue weighted by atomic mass is 10.3. The summed E-state index contributed by atoms with van der Waals surface area (Å²) in [5.74, 6) is -0.439. The Kier molecular flexibility index (Phi) is 5.24. The van der Waals surface area contributed by atoms with Crippen LogP contribution < -0.4 is 5.32 Å². The number of carbonyl (C=O) groups excluding carboxylic acids is 2. The first-order valence-electron chi connectivity index (χ1n) is 8.82. The van der Waals surface area contributed by atoms with E-state index < -0.39 is 17.7 Å². The Morgan fingerprint density at radius 1 is 1.23 bits per heavy atom. The number of nitrogens with zero attached hydrogens (tertiary/aromatic N) is 4. The smallest absolute Gasteiger partial charge is 0.417 e. The minimum absolute atomic E-state index is 0.0507. The van der Waals surface area contributed by atoms with Crippen LogP contribution >= 0.6 is 11.3 Å². The molecule has 1 aliphatic carbocycles. The minimum atomic E-state index is -4.48. The van der Waals surface area contributed by atoms with E-state index in [-0.39, 0.29) is 24.2 Å². The first kappa shape index (κ1) is 20.0. The number of pyridine rings is 1. The first-order chi connectivity index (χ1) is 14.3. The maximum absolute atomic E-state index is 12.6. The van der Waals surface area contributed by atoms with Crippen molar-refractivity contribution in [2.24, 2.45) is 5.92 Å². The summed E-state index contributed by atoms with van der Waals surface area (Å²) in [6.45, 7) is -0.179. The first-order valence-corrected chi connectivity index (χ1v) is 9.64. The van der Waals surface area contributed by atoms with Crippen LogP contribution in [0.1, 0.15) is 33.8 Å². The zero-order valence-electron chi connectivity index (χ0n) is 15.2. The molecule has 0 aromatic carbocycles. The van der Waals surface area contributed by atoms with E-state index in [0.717, 1.165) is 36.3 Å². The third-order valence-corrected chi connectivity index (χ3v) is 5.18. The average Bonchev–Trinajstić information content (AvgIpc) is 3.28. The highest BCUT2D eigenvalue weighted by Crippen LogP contribution is 2.32. The summed E-state index contributed by atoms with van der Waals surface area (Å²) >= 11 is 1.11. The normalized spacial score (nSPS) is 13.8. The van der Waals surface area contributed by atoms with Crippen LogP contribution in [0.15, 0.2) is 36.7 Å². The van der Waals surface area contributed by atoms with Crippen LogP contribution in [0.4, 0.5) is 18.2 Å². The van der Waals surface area contributed by atoms with Crippen molar-refractivity contribution in [3.63, 3.8) is 0 Å². The summed E-state index contributed by atoms with van der Waals surface area (Å²) in [5.41, 5.74) is -0.576. The second kappa shape index (κ2) is 7.86. The van der Waals surface area contributed by atoms with E-state index in [2.05, 4.69) is 20.6 Å². The molecule has 0 aliphatic heterocycles. The Labute approximate surface area is 171 Å². The largest absolute Gasteiger partial charge is 0.455 e. The Hall–Kier alpha value is -3.28. The van der Waals surface area contributed by atoms with Gasteiger partial charge in [-0.05, 0) is 37.1 Å². The number of ether oxygens (including phenoxy) is 1. The molecule has 0 atom stereocenters. The van der Waals surface area contributed by atoms with Gasteiger partial charge in [-0.25, -0.2) is 14.5 Å². The van der Waals surface area contributed by atoms with Gasteiger partial charge in [-0.2, -0.15) is 13.2 Å². The molecule has 0 unspecified atom stereocenters. The quantitative estimate of drug-likeness (QED) is 0.593. The van der Waals surface area contributed by atoms with Crippen LogP contribution in [0.25, 0.3) is 5.82 Å². The van der Waals surface area contributed by atoms with Crippen LogP contribution in [0.3, 0.4) is 0 Å². The number of amides is 1. The van der Waals surface area contributed by atoms with E-state index in [4.69, 9.17) is 4.74 Å². The molecule has 0 spiro atoms. The van der Waals surface area contributed by atoms with Gasteiger partial charge in [0, 0.05) is 12.1 Å². The Morgan fingerprint density at radius 2 is 2.03 bits per heavy atom. The second-order valence-corrected chi connectivity index (χ2v) is 7.64. The van der Waals surface area contributed by atoms with Crippen LogP contribution in [0.2, 0.25) is 0 Å². The zero-order chi connectivity index (χ0) is 21.3. The maximum atomic E-state index is 12.6. The van der Waals surface area contributed by atoms with Crippen molar-refractivity contribution in [3.8, 4) is 5.82 Å². The number of alkyl halides is 3. The predicted octanol–water partition coefficient (Wildman–Crippen LogP) is 3.45. The Balaban J connectivity index is 1.33. The monoisotopic (exact) mass is 437 g/mol. The standard InChI is InChI=1S/C18H14F3N5O3S/c19-18(20,21)11-3-5-14(22-7-11)26-8-12(24-25-26)9-29-17(28)13-4-6-15(30-13)23-16(27)10-1-2-10/h3-8,10H,1-2,9H2,(H,23,27). The van der Waals surface area contributed by atoms with Gasteiger partial charge < -0.3 is 10.1 Å². The SMILES string of the molecule is O=C(OCc1cn(-c2ccc(C(F)(F)F)cn2)nn1)c1ccc(NC(=O)C2CC2)s1. The fraction of sp³-hybridized carbons (Fsp3) is 0.278. The molecule has 0 saturated heterocycles. The number of rotatable bonds is 6. The van der Waals surface area contributed by atoms with Crippen molar-refractivity contribution < 1.29 is 27.5 Å². The second-order valence-electron chi connectivity index (χ2n) is 6.56. The van der Waals surface area contributed by atoms with Gasteiger partial charge in [0.25, 0.3) is 0 Å². The van der Waals surface area contributed by atoms with Crippen molar-refractivity contribution >= 4 is 28.2 Å². The van der Waals surface area contributed by atoms with Gasteiger partial charge in [-0.15, -0.1) is 16.4 Å². The summed E-state index contributed by atoms with van der Waals surface area (Å²) in [7, 11) is 0. The average molecular weight is 437 g/mol. The molecule has 0 radical (unpaired) electrons. The number of aromatic nitrogens is 4. The van der Waals surface area contributed by atoms with Gasteiger partial charge in [0.05, 0.1) is 16.8 Å². The van der Waals surface area contributed by atoms with Gasteiger partial charge in [-0.1, -0.05) is 5.21 Å². The molecule has 4 rings (SSSR count). The fourth-order valence-corrected chi connectivity index (χ4v) is 3.26. The molecule has 12 heteroatoms. The molecule has 8 nitrogen and oxygen atoms in total. The molecule has 3 heterocycles. The number of hydrogen-bond donors (Lipinski definition) is 1. The van der Waals surface area contributed by atoms with Gasteiger partial charge in [0.1, 0.15) is 17.2 Å². The molecule has 3 aromatic heterocycles. The lowest BCUT2D eigenvalue weighted by molar-refractivity contribution is -0.137. The zero-order valence-corrected chi connectivity index (χ0v) is 16.0. The van der Waals surface area contributed by atoms with E-state index in [1.54, 1.807) is 12.1 Å². The lowest BCUT2D eigenvalue weighted by Crippen LogP contribution is -2.12. The van der Waals surface area contributed by atoms with Gasteiger partial charge in [0.2, 0.25) is 5.91 Å². The Bertz CT molecular complexity index is 1070. The highest BCUT2D eigenvalue weighted by molar-refractivity contribution is 7.18. The number of anilines is 1. The van der Waals surface area contributed by atoms with Crippen LogP contribution in [-0.4, -0.2) is 31.9 Å². The number of nitrogens with one attached hydrogen (secondary N) is 1. The van der Waals surface area contributed by atoms with Crippen molar-refractivity contribution in [2.45, 2.75) is 25.6 Å². The van der Waals surface area contributed by atoms with E-state index in [0.29, 0.717) is 21.8 Å². The van der Waals surface area contributed by atoms with Gasteiger partial charge in [-0.3, -0.25) is 4.79 Å². The number of hydrogen-bond acceptors (Lipinski definition) is 7. The molecular formula is C18H14F3N5O3S. The molecule has 1 fully saturated rings. The van der Waals surface area contributed by atoms with E-state index in [1.807, 2.05) is 0 Å². The fourth-order valence-electron chi connectivity index (χ4n) is 2.46.